The summed E-state index contributed by atoms with van der Waals surface area (Å²) in [4.78, 5) is 49.8. The average molecular weight is 689 g/mol. The van der Waals surface area contributed by atoms with E-state index in [1.54, 1.807) is 54.6 Å². The lowest BCUT2D eigenvalue weighted by Crippen LogP contribution is -2.42. The summed E-state index contributed by atoms with van der Waals surface area (Å²) >= 11 is 5.68. The lowest BCUT2D eigenvalue weighted by molar-refractivity contribution is -0.139. The van der Waals surface area contributed by atoms with Gasteiger partial charge in [-0.3, -0.25) is 9.59 Å². The normalized spacial score (nSPS) is 11.3. The van der Waals surface area contributed by atoms with Crippen molar-refractivity contribution in [1.29, 1.82) is 0 Å². The topological polar surface area (TPSA) is 131 Å². The van der Waals surface area contributed by atoms with Crippen LogP contribution in [-0.4, -0.2) is 41.5 Å². The molecule has 11 heteroatoms. The minimum atomic E-state index is -1.24. The van der Waals surface area contributed by atoms with Crippen molar-refractivity contribution < 1.29 is 38.1 Å². The van der Waals surface area contributed by atoms with Gasteiger partial charge in [0.25, 0.3) is 5.91 Å². The van der Waals surface area contributed by atoms with Gasteiger partial charge in [0.2, 0.25) is 5.91 Å². The van der Waals surface area contributed by atoms with Crippen molar-refractivity contribution in [3.63, 3.8) is 0 Å². The first kappa shape index (κ1) is 36.6. The van der Waals surface area contributed by atoms with Crippen LogP contribution in [0.1, 0.15) is 70.9 Å². The number of carbonyl (C=O) groups excluding carboxylic acids is 3. The van der Waals surface area contributed by atoms with Crippen molar-refractivity contribution in [1.82, 2.24) is 5.32 Å². The molecule has 1 atom stereocenters. The second-order valence-electron chi connectivity index (χ2n) is 11.4. The van der Waals surface area contributed by atoms with E-state index in [1.807, 2.05) is 0 Å². The van der Waals surface area contributed by atoms with Gasteiger partial charge in [-0.15, -0.1) is 0 Å². The zero-order valence-corrected chi connectivity index (χ0v) is 27.8. The molecule has 4 rings (SSSR count). The second kappa shape index (κ2) is 18.4. The SMILES string of the molecule is CCCCCCCOc1ccc(C(=O)Oc2ccc(CC(NC(=O)c3ccc(NC(=O)Cc4ccc(Cl)c(F)c4)cc3)C(=O)O)cc2)cc1. The smallest absolute Gasteiger partial charge is 0.343 e. The summed E-state index contributed by atoms with van der Waals surface area (Å²) in [6.45, 7) is 2.80. The van der Waals surface area contributed by atoms with E-state index in [4.69, 9.17) is 21.1 Å². The van der Waals surface area contributed by atoms with Crippen LogP contribution in [0.5, 0.6) is 11.5 Å². The number of aliphatic carboxylic acids is 1. The molecule has 0 aliphatic heterocycles. The summed E-state index contributed by atoms with van der Waals surface area (Å²) in [6.07, 6.45) is 5.62. The Morgan fingerprint density at radius 3 is 2.08 bits per heavy atom. The van der Waals surface area contributed by atoms with Gasteiger partial charge in [0.05, 0.1) is 23.6 Å². The Kier molecular flexibility index (Phi) is 13.7. The maximum Gasteiger partial charge on any atom is 0.343 e. The first-order valence-corrected chi connectivity index (χ1v) is 16.4. The lowest BCUT2D eigenvalue weighted by atomic mass is 10.0. The maximum atomic E-state index is 13.7. The van der Waals surface area contributed by atoms with E-state index < -0.39 is 35.6 Å². The van der Waals surface area contributed by atoms with Crippen molar-refractivity contribution in [2.45, 2.75) is 57.9 Å². The molecule has 256 valence electrons. The Balaban J connectivity index is 1.24. The van der Waals surface area contributed by atoms with Gasteiger partial charge in [0, 0.05) is 17.7 Å². The highest BCUT2D eigenvalue weighted by Gasteiger charge is 2.21. The van der Waals surface area contributed by atoms with Crippen LogP contribution in [0, 0.1) is 5.82 Å². The average Bonchev–Trinajstić information content (AvgIpc) is 3.09. The first-order valence-electron chi connectivity index (χ1n) is 16.0. The summed E-state index contributed by atoms with van der Waals surface area (Å²) in [5, 5.41) is 14.9. The number of carbonyl (C=O) groups is 4. The molecule has 0 fully saturated rings. The predicted octanol–water partition coefficient (Wildman–Crippen LogP) is 7.65. The summed E-state index contributed by atoms with van der Waals surface area (Å²) in [5.41, 5.74) is 2.00. The molecule has 0 bridgehead atoms. The molecule has 1 unspecified atom stereocenters. The van der Waals surface area contributed by atoms with Crippen LogP contribution in [-0.2, 0) is 22.4 Å². The van der Waals surface area contributed by atoms with Crippen LogP contribution in [0.15, 0.2) is 91.0 Å². The molecule has 9 nitrogen and oxygen atoms in total. The molecule has 49 heavy (non-hydrogen) atoms. The maximum absolute atomic E-state index is 13.7. The molecule has 4 aromatic carbocycles. The second-order valence-corrected chi connectivity index (χ2v) is 11.8. The largest absolute Gasteiger partial charge is 0.494 e. The zero-order valence-electron chi connectivity index (χ0n) is 27.0. The predicted molar refractivity (Wildman–Crippen MR) is 185 cm³/mol. The molecule has 4 aromatic rings. The molecule has 0 saturated carbocycles. The molecule has 0 aromatic heterocycles. The zero-order chi connectivity index (χ0) is 35.2. The van der Waals surface area contributed by atoms with Crippen LogP contribution >= 0.6 is 11.6 Å². The van der Waals surface area contributed by atoms with Crippen molar-refractivity contribution in [2.24, 2.45) is 0 Å². The summed E-state index contributed by atoms with van der Waals surface area (Å²) in [6, 6.07) is 21.9. The van der Waals surface area contributed by atoms with E-state index in [1.165, 1.54) is 55.7 Å². The highest BCUT2D eigenvalue weighted by Crippen LogP contribution is 2.19. The summed E-state index contributed by atoms with van der Waals surface area (Å²) in [7, 11) is 0. The number of hydrogen-bond donors (Lipinski definition) is 3. The standard InChI is InChI=1S/C38H38ClFN2O7/c1-2-3-4-5-6-21-48-30-18-12-28(13-19-30)38(47)49-31-16-7-25(8-17-31)23-34(37(45)46)42-36(44)27-10-14-29(15-11-27)41-35(43)24-26-9-20-32(39)33(40)22-26/h7-20,22,34H,2-6,21,23-24H2,1H3,(H,41,43)(H,42,44)(H,45,46). The van der Waals surface area contributed by atoms with Crippen LogP contribution < -0.4 is 20.1 Å². The molecule has 0 spiro atoms. The molecule has 0 aliphatic carbocycles. The number of unbranched alkanes of at least 4 members (excludes halogenated alkanes) is 4. The molecule has 0 saturated heterocycles. The highest BCUT2D eigenvalue weighted by atomic mass is 35.5. The Labute approximate surface area is 289 Å². The number of anilines is 1. The van der Waals surface area contributed by atoms with Crippen molar-refractivity contribution >= 4 is 41.0 Å². The van der Waals surface area contributed by atoms with Gasteiger partial charge in [0.1, 0.15) is 23.4 Å². The number of nitrogens with one attached hydrogen (secondary N) is 2. The van der Waals surface area contributed by atoms with Crippen molar-refractivity contribution in [2.75, 3.05) is 11.9 Å². The van der Waals surface area contributed by atoms with Gasteiger partial charge in [-0.25, -0.2) is 14.0 Å². The molecule has 0 aliphatic rings. The van der Waals surface area contributed by atoms with E-state index in [0.717, 1.165) is 12.8 Å². The number of amides is 2. The van der Waals surface area contributed by atoms with Crippen LogP contribution in [0.25, 0.3) is 0 Å². The molecule has 0 heterocycles. The minimum absolute atomic E-state index is 0.0190. The Hall–Kier alpha value is -5.22. The van der Waals surface area contributed by atoms with Gasteiger partial charge in [-0.2, -0.15) is 0 Å². The highest BCUT2D eigenvalue weighted by molar-refractivity contribution is 6.30. The van der Waals surface area contributed by atoms with Crippen LogP contribution in [0.3, 0.4) is 0 Å². The number of rotatable bonds is 17. The molecule has 3 N–H and O–H groups in total. The van der Waals surface area contributed by atoms with Gasteiger partial charge in [-0.1, -0.05) is 62.4 Å². The Bertz CT molecular complexity index is 1730. The number of benzene rings is 4. The number of esters is 1. The first-order chi connectivity index (χ1) is 23.6. The number of ether oxygens (including phenoxy) is 2. The number of carboxylic acid groups (broad SMARTS) is 1. The van der Waals surface area contributed by atoms with E-state index in [9.17, 15) is 28.7 Å². The molecular formula is C38H38ClFN2O7. The Morgan fingerprint density at radius 2 is 1.43 bits per heavy atom. The fourth-order valence-corrected chi connectivity index (χ4v) is 4.98. The number of hydrogen-bond acceptors (Lipinski definition) is 6. The minimum Gasteiger partial charge on any atom is -0.494 e. The van der Waals surface area contributed by atoms with Crippen molar-refractivity contribution in [3.05, 3.63) is 124 Å². The van der Waals surface area contributed by atoms with E-state index >= 15 is 0 Å². The van der Waals surface area contributed by atoms with Gasteiger partial charge in [-0.05, 0) is 90.3 Å². The lowest BCUT2D eigenvalue weighted by Gasteiger charge is -2.15. The number of carboxylic acids is 1. The summed E-state index contributed by atoms with van der Waals surface area (Å²) < 4.78 is 24.9. The number of halogens is 2. The van der Waals surface area contributed by atoms with E-state index in [0.29, 0.717) is 34.7 Å². The van der Waals surface area contributed by atoms with Gasteiger partial charge >= 0.3 is 11.9 Å². The third kappa shape index (κ3) is 11.8. The third-order valence-corrected chi connectivity index (χ3v) is 7.87. The fraction of sp³-hybridized carbons (Fsp3) is 0.263. The third-order valence-electron chi connectivity index (χ3n) is 7.56. The molecular weight excluding hydrogens is 651 g/mol. The van der Waals surface area contributed by atoms with E-state index in [2.05, 4.69) is 17.6 Å². The fourth-order valence-electron chi connectivity index (χ4n) is 4.86. The molecule has 0 radical (unpaired) electrons. The Morgan fingerprint density at radius 1 is 0.796 bits per heavy atom. The van der Waals surface area contributed by atoms with Crippen molar-refractivity contribution in [3.8, 4) is 11.5 Å². The van der Waals surface area contributed by atoms with Crippen LogP contribution in [0.2, 0.25) is 5.02 Å². The van der Waals surface area contributed by atoms with Gasteiger partial charge in [0.15, 0.2) is 0 Å². The molecule has 2 amide bonds. The van der Waals surface area contributed by atoms with Crippen LogP contribution in [0.4, 0.5) is 10.1 Å². The quantitative estimate of drug-likeness (QED) is 0.0590. The monoisotopic (exact) mass is 688 g/mol. The van der Waals surface area contributed by atoms with E-state index in [-0.39, 0.29) is 29.2 Å². The van der Waals surface area contributed by atoms with Gasteiger partial charge < -0.3 is 25.2 Å². The summed E-state index contributed by atoms with van der Waals surface area (Å²) in [5.74, 6) is -2.43.